The average Bonchev–Trinajstić information content (AvgIpc) is 2.59. The van der Waals surface area contributed by atoms with Crippen molar-refractivity contribution in [2.24, 2.45) is 0 Å². The summed E-state index contributed by atoms with van der Waals surface area (Å²) >= 11 is 11.7. The van der Waals surface area contributed by atoms with Crippen molar-refractivity contribution in [3.8, 4) is 0 Å². The fraction of sp³-hybridized carbons (Fsp3) is 0.300. The number of hydrogen-bond acceptors (Lipinski definition) is 3. The molecule has 1 atom stereocenters. The van der Waals surface area contributed by atoms with E-state index in [0.29, 0.717) is 0 Å². The summed E-state index contributed by atoms with van der Waals surface area (Å²) in [4.78, 5) is 12.9. The third-order valence-corrected chi connectivity index (χ3v) is 5.18. The highest BCUT2D eigenvalue weighted by molar-refractivity contribution is 8.14. The average molecular weight is 347 g/mol. The van der Waals surface area contributed by atoms with Gasteiger partial charge in [0, 0.05) is 23.6 Å². The Bertz CT molecular complexity index is 626. The smallest absolute Gasteiger partial charge is 0.237 e. The van der Waals surface area contributed by atoms with Gasteiger partial charge in [-0.1, -0.05) is 23.2 Å². The summed E-state index contributed by atoms with van der Waals surface area (Å²) in [6.45, 7) is -0.157. The molecule has 1 fully saturated rings. The number of benzene rings is 1. The maximum atomic E-state index is 13.1. The number of rotatable bonds is 2. The molecule has 1 aromatic rings. The Morgan fingerprint density at radius 3 is 2.21 bits per heavy atom. The molecule has 0 aliphatic carbocycles. The molecule has 104 valence electrons. The van der Waals surface area contributed by atoms with E-state index in [-0.39, 0.29) is 28.7 Å². The fourth-order valence-corrected chi connectivity index (χ4v) is 3.56. The van der Waals surface area contributed by atoms with Crippen LogP contribution < -0.4 is 4.90 Å². The van der Waals surface area contributed by atoms with E-state index in [1.807, 2.05) is 0 Å². The predicted octanol–water partition coefficient (Wildman–Crippen LogP) is 2.81. The molecule has 1 heterocycles. The van der Waals surface area contributed by atoms with Crippen LogP contribution in [0.3, 0.4) is 0 Å². The molecule has 1 amide bonds. The zero-order valence-electron chi connectivity index (χ0n) is 9.24. The predicted molar refractivity (Wildman–Crippen MR) is 72.0 cm³/mol. The van der Waals surface area contributed by atoms with Crippen LogP contribution in [0.1, 0.15) is 6.42 Å². The van der Waals surface area contributed by atoms with Gasteiger partial charge >= 0.3 is 0 Å². The summed E-state index contributed by atoms with van der Waals surface area (Å²) in [6.07, 6.45) is -0.254. The molecule has 0 saturated carbocycles. The minimum Gasteiger partial charge on any atom is -0.308 e. The van der Waals surface area contributed by atoms with E-state index in [4.69, 9.17) is 33.9 Å². The Kier molecular flexibility index (Phi) is 3.97. The van der Waals surface area contributed by atoms with Crippen molar-refractivity contribution in [1.82, 2.24) is 0 Å². The molecule has 1 aliphatic rings. The van der Waals surface area contributed by atoms with E-state index in [2.05, 4.69) is 0 Å². The van der Waals surface area contributed by atoms with Crippen LogP contribution in [-0.4, -0.2) is 26.1 Å². The molecular weight excluding hydrogens is 340 g/mol. The first-order chi connectivity index (χ1) is 8.70. The summed E-state index contributed by atoms with van der Waals surface area (Å²) in [5.41, 5.74) is 0.0950. The SMILES string of the molecule is O=C1CC(S(=O)(=O)Cl)CN1c1c(Cl)cc(F)cc1Cl. The van der Waals surface area contributed by atoms with Gasteiger partial charge in [-0.05, 0) is 12.1 Å². The zero-order valence-corrected chi connectivity index (χ0v) is 12.3. The van der Waals surface area contributed by atoms with Gasteiger partial charge in [0.25, 0.3) is 0 Å². The molecule has 4 nitrogen and oxygen atoms in total. The van der Waals surface area contributed by atoms with Crippen LogP contribution in [0.15, 0.2) is 12.1 Å². The van der Waals surface area contributed by atoms with Crippen LogP contribution in [0, 0.1) is 5.82 Å². The lowest BCUT2D eigenvalue weighted by Crippen LogP contribution is -2.27. The third kappa shape index (κ3) is 2.97. The molecule has 0 radical (unpaired) electrons. The number of amides is 1. The standard InChI is InChI=1S/C10H7Cl3FNO3S/c11-7-1-5(14)2-8(12)10(7)15-4-6(3-9(15)16)19(13,17)18/h1-2,6H,3-4H2. The molecule has 1 aliphatic heterocycles. The lowest BCUT2D eigenvalue weighted by Gasteiger charge is -2.19. The van der Waals surface area contributed by atoms with Gasteiger partial charge in [0.05, 0.1) is 15.7 Å². The molecule has 9 heteroatoms. The van der Waals surface area contributed by atoms with E-state index in [1.54, 1.807) is 0 Å². The van der Waals surface area contributed by atoms with Gasteiger partial charge in [0.15, 0.2) is 0 Å². The van der Waals surface area contributed by atoms with Crippen LogP contribution in [0.5, 0.6) is 0 Å². The Morgan fingerprint density at radius 1 is 1.26 bits per heavy atom. The molecule has 1 saturated heterocycles. The van der Waals surface area contributed by atoms with Crippen molar-refractivity contribution < 1.29 is 17.6 Å². The molecular formula is C10H7Cl3FNO3S. The molecule has 0 spiro atoms. The van der Waals surface area contributed by atoms with E-state index in [1.165, 1.54) is 0 Å². The number of hydrogen-bond donors (Lipinski definition) is 0. The van der Waals surface area contributed by atoms with Crippen molar-refractivity contribution in [3.05, 3.63) is 28.0 Å². The molecule has 1 unspecified atom stereocenters. The van der Waals surface area contributed by atoms with Crippen molar-refractivity contribution >= 4 is 54.5 Å². The first-order valence-corrected chi connectivity index (χ1v) is 8.21. The zero-order chi connectivity index (χ0) is 14.4. The van der Waals surface area contributed by atoms with Crippen molar-refractivity contribution in [2.45, 2.75) is 11.7 Å². The van der Waals surface area contributed by atoms with E-state index in [0.717, 1.165) is 17.0 Å². The molecule has 19 heavy (non-hydrogen) atoms. The van der Waals surface area contributed by atoms with Crippen molar-refractivity contribution in [1.29, 1.82) is 0 Å². The lowest BCUT2D eigenvalue weighted by molar-refractivity contribution is -0.117. The van der Waals surface area contributed by atoms with E-state index >= 15 is 0 Å². The molecule has 2 rings (SSSR count). The number of anilines is 1. The Balaban J connectivity index is 2.42. The first kappa shape index (κ1) is 14.8. The highest BCUT2D eigenvalue weighted by atomic mass is 35.7. The first-order valence-electron chi connectivity index (χ1n) is 5.08. The van der Waals surface area contributed by atoms with Gasteiger partial charge in [0.1, 0.15) is 11.1 Å². The third-order valence-electron chi connectivity index (χ3n) is 2.74. The highest BCUT2D eigenvalue weighted by Crippen LogP contribution is 2.38. The van der Waals surface area contributed by atoms with Crippen molar-refractivity contribution in [3.63, 3.8) is 0 Å². The second-order valence-electron chi connectivity index (χ2n) is 4.02. The van der Waals surface area contributed by atoms with Gasteiger partial charge in [-0.3, -0.25) is 4.79 Å². The second-order valence-corrected chi connectivity index (χ2v) is 7.75. The summed E-state index contributed by atoms with van der Waals surface area (Å²) in [7, 11) is 1.37. The van der Waals surface area contributed by atoms with Gasteiger partial charge < -0.3 is 4.90 Å². The Morgan fingerprint density at radius 2 is 1.79 bits per heavy atom. The van der Waals surface area contributed by atoms with Crippen LogP contribution >= 0.6 is 33.9 Å². The quantitative estimate of drug-likeness (QED) is 0.774. The molecule has 0 bridgehead atoms. The number of carbonyl (C=O) groups is 1. The molecule has 0 N–H and O–H groups in total. The largest absolute Gasteiger partial charge is 0.308 e. The van der Waals surface area contributed by atoms with Crippen LogP contribution in [0.2, 0.25) is 10.0 Å². The Hall–Kier alpha value is -0.560. The normalized spacial score (nSPS) is 20.1. The van der Waals surface area contributed by atoms with Gasteiger partial charge in [-0.2, -0.15) is 0 Å². The van der Waals surface area contributed by atoms with E-state index in [9.17, 15) is 17.6 Å². The summed E-state index contributed by atoms with van der Waals surface area (Å²) in [5.74, 6) is -1.13. The highest BCUT2D eigenvalue weighted by Gasteiger charge is 2.39. The second kappa shape index (κ2) is 5.09. The van der Waals surface area contributed by atoms with Gasteiger partial charge in [0.2, 0.25) is 15.0 Å². The topological polar surface area (TPSA) is 54.5 Å². The maximum Gasteiger partial charge on any atom is 0.237 e. The molecule has 1 aromatic carbocycles. The lowest BCUT2D eigenvalue weighted by atomic mass is 10.3. The monoisotopic (exact) mass is 345 g/mol. The maximum absolute atomic E-state index is 13.1. The van der Waals surface area contributed by atoms with E-state index < -0.39 is 26.0 Å². The molecule has 0 aromatic heterocycles. The van der Waals surface area contributed by atoms with Gasteiger partial charge in [-0.15, -0.1) is 0 Å². The van der Waals surface area contributed by atoms with Crippen LogP contribution in [-0.2, 0) is 13.8 Å². The van der Waals surface area contributed by atoms with Crippen molar-refractivity contribution in [2.75, 3.05) is 11.4 Å². The minimum absolute atomic E-state index is 0.0639. The van der Waals surface area contributed by atoms with Crippen LogP contribution in [0.4, 0.5) is 10.1 Å². The Labute approximate surface area is 123 Å². The van der Waals surface area contributed by atoms with Gasteiger partial charge in [-0.25, -0.2) is 12.8 Å². The number of halogens is 4. The minimum atomic E-state index is -3.86. The summed E-state index contributed by atoms with van der Waals surface area (Å²) in [6, 6.07) is 2.00. The number of carbonyl (C=O) groups excluding carboxylic acids is 1. The van der Waals surface area contributed by atoms with Crippen LogP contribution in [0.25, 0.3) is 0 Å². The fourth-order valence-electron chi connectivity index (χ4n) is 1.87. The summed E-state index contributed by atoms with van der Waals surface area (Å²) in [5, 5.41) is -1.16. The number of nitrogens with zero attached hydrogens (tertiary/aromatic N) is 1. The summed E-state index contributed by atoms with van der Waals surface area (Å²) < 4.78 is 35.6.